The van der Waals surface area contributed by atoms with E-state index in [0.717, 1.165) is 23.6 Å². The number of hydrogen-bond donors (Lipinski definition) is 1. The summed E-state index contributed by atoms with van der Waals surface area (Å²) in [5.74, 6) is 0.707. The standard InChI is InChI=1S/C13H14N2OS2/c1-8-2-3-10-9(6-8)7-11(18-10)12(16)15-13-14-4-5-17-13/h4-5,7-8H,2-3,6H2,1H3,(H,14,15,16)/t8-/m0/s1. The van der Waals surface area contributed by atoms with E-state index in [1.54, 1.807) is 17.5 Å². The Morgan fingerprint density at radius 3 is 3.22 bits per heavy atom. The summed E-state index contributed by atoms with van der Waals surface area (Å²) >= 11 is 3.07. The van der Waals surface area contributed by atoms with Crippen LogP contribution in [0.4, 0.5) is 5.13 Å². The van der Waals surface area contributed by atoms with Gasteiger partial charge in [-0.25, -0.2) is 4.98 Å². The summed E-state index contributed by atoms with van der Waals surface area (Å²) in [6.07, 6.45) is 5.16. The molecule has 0 aliphatic heterocycles. The molecule has 0 saturated carbocycles. The Morgan fingerprint density at radius 2 is 2.44 bits per heavy atom. The van der Waals surface area contributed by atoms with E-state index in [4.69, 9.17) is 0 Å². The van der Waals surface area contributed by atoms with Crippen LogP contribution < -0.4 is 5.32 Å². The van der Waals surface area contributed by atoms with E-state index in [9.17, 15) is 4.79 Å². The fraction of sp³-hybridized carbons (Fsp3) is 0.385. The average Bonchev–Trinajstić information content (AvgIpc) is 2.96. The Balaban J connectivity index is 1.78. The van der Waals surface area contributed by atoms with Crippen molar-refractivity contribution in [3.8, 4) is 0 Å². The van der Waals surface area contributed by atoms with Crippen LogP contribution in [0.25, 0.3) is 0 Å². The molecule has 0 aromatic carbocycles. The molecule has 3 rings (SSSR count). The molecule has 0 saturated heterocycles. The number of rotatable bonds is 2. The van der Waals surface area contributed by atoms with Crippen molar-refractivity contribution in [3.63, 3.8) is 0 Å². The molecule has 1 atom stereocenters. The Labute approximate surface area is 114 Å². The summed E-state index contributed by atoms with van der Waals surface area (Å²) in [7, 11) is 0. The highest BCUT2D eigenvalue weighted by molar-refractivity contribution is 7.15. The van der Waals surface area contributed by atoms with Crippen LogP contribution in [-0.2, 0) is 12.8 Å². The smallest absolute Gasteiger partial charge is 0.267 e. The molecule has 5 heteroatoms. The highest BCUT2D eigenvalue weighted by atomic mass is 32.1. The van der Waals surface area contributed by atoms with Crippen LogP contribution >= 0.6 is 22.7 Å². The zero-order valence-corrected chi connectivity index (χ0v) is 11.7. The summed E-state index contributed by atoms with van der Waals surface area (Å²) in [5, 5.41) is 5.36. The predicted octanol–water partition coefficient (Wildman–Crippen LogP) is 3.58. The number of carbonyl (C=O) groups excluding carboxylic acids is 1. The number of hydrogen-bond acceptors (Lipinski definition) is 4. The molecule has 2 aromatic rings. The third-order valence-corrected chi connectivity index (χ3v) is 5.13. The van der Waals surface area contributed by atoms with Crippen LogP contribution in [0.1, 0.15) is 33.5 Å². The quantitative estimate of drug-likeness (QED) is 0.912. The van der Waals surface area contributed by atoms with Crippen LogP contribution in [-0.4, -0.2) is 10.9 Å². The number of aromatic nitrogens is 1. The normalized spacial score (nSPS) is 18.4. The maximum absolute atomic E-state index is 12.1. The van der Waals surface area contributed by atoms with Crippen LogP contribution in [0.3, 0.4) is 0 Å². The second-order valence-corrected chi connectivity index (χ2v) is 6.73. The predicted molar refractivity (Wildman–Crippen MR) is 75.6 cm³/mol. The van der Waals surface area contributed by atoms with E-state index in [0.29, 0.717) is 5.13 Å². The SMILES string of the molecule is C[C@H]1CCc2sc(C(=O)Nc3nccs3)cc2C1. The molecule has 3 nitrogen and oxygen atoms in total. The van der Waals surface area contributed by atoms with Crippen molar-refractivity contribution in [3.05, 3.63) is 33.0 Å². The van der Waals surface area contributed by atoms with Gasteiger partial charge < -0.3 is 0 Å². The van der Waals surface area contributed by atoms with Crippen molar-refractivity contribution in [2.75, 3.05) is 5.32 Å². The van der Waals surface area contributed by atoms with E-state index in [-0.39, 0.29) is 5.91 Å². The second kappa shape index (κ2) is 4.82. The van der Waals surface area contributed by atoms with Crippen molar-refractivity contribution in [1.29, 1.82) is 0 Å². The Bertz CT molecular complexity index is 560. The molecule has 1 aliphatic carbocycles. The van der Waals surface area contributed by atoms with Crippen molar-refractivity contribution in [2.24, 2.45) is 5.92 Å². The van der Waals surface area contributed by atoms with Gasteiger partial charge in [0.05, 0.1) is 4.88 Å². The minimum atomic E-state index is -0.0306. The minimum absolute atomic E-state index is 0.0306. The van der Waals surface area contributed by atoms with Gasteiger partial charge in [-0.1, -0.05) is 6.92 Å². The van der Waals surface area contributed by atoms with Gasteiger partial charge in [-0.3, -0.25) is 10.1 Å². The van der Waals surface area contributed by atoms with E-state index in [1.807, 2.05) is 5.38 Å². The first kappa shape index (κ1) is 11.9. The lowest BCUT2D eigenvalue weighted by Gasteiger charge is -2.16. The molecule has 1 aliphatic rings. The maximum Gasteiger partial charge on any atom is 0.267 e. The zero-order chi connectivity index (χ0) is 12.5. The summed E-state index contributed by atoms with van der Waals surface area (Å²) in [5.41, 5.74) is 1.36. The van der Waals surface area contributed by atoms with E-state index < -0.39 is 0 Å². The lowest BCUT2D eigenvalue weighted by molar-refractivity contribution is 0.103. The first-order valence-corrected chi connectivity index (χ1v) is 7.74. The zero-order valence-electron chi connectivity index (χ0n) is 10.1. The van der Waals surface area contributed by atoms with Gasteiger partial charge in [0.15, 0.2) is 5.13 Å². The van der Waals surface area contributed by atoms with Crippen molar-refractivity contribution in [2.45, 2.75) is 26.2 Å². The Morgan fingerprint density at radius 1 is 1.56 bits per heavy atom. The van der Waals surface area contributed by atoms with Gasteiger partial charge >= 0.3 is 0 Å². The van der Waals surface area contributed by atoms with Crippen molar-refractivity contribution in [1.82, 2.24) is 4.98 Å². The summed E-state index contributed by atoms with van der Waals surface area (Å²) < 4.78 is 0. The highest BCUT2D eigenvalue weighted by Gasteiger charge is 2.20. The number of thiophene rings is 1. The molecule has 0 bridgehead atoms. The van der Waals surface area contributed by atoms with Gasteiger partial charge in [0, 0.05) is 16.5 Å². The van der Waals surface area contributed by atoms with Crippen molar-refractivity contribution >= 4 is 33.7 Å². The van der Waals surface area contributed by atoms with Crippen LogP contribution in [0.15, 0.2) is 17.6 Å². The van der Waals surface area contributed by atoms with Gasteiger partial charge in [-0.05, 0) is 36.8 Å². The largest absolute Gasteiger partial charge is 0.297 e. The Hall–Kier alpha value is -1.20. The fourth-order valence-electron chi connectivity index (χ4n) is 2.26. The summed E-state index contributed by atoms with van der Waals surface area (Å²) in [6, 6.07) is 2.05. The topological polar surface area (TPSA) is 42.0 Å². The van der Waals surface area contributed by atoms with Crippen LogP contribution in [0.2, 0.25) is 0 Å². The van der Waals surface area contributed by atoms with Crippen LogP contribution in [0.5, 0.6) is 0 Å². The molecule has 0 radical (unpaired) electrons. The molecule has 2 heterocycles. The van der Waals surface area contributed by atoms with E-state index in [1.165, 1.54) is 28.2 Å². The van der Waals surface area contributed by atoms with Gasteiger partial charge in [0.25, 0.3) is 5.91 Å². The monoisotopic (exact) mass is 278 g/mol. The molecule has 2 aromatic heterocycles. The molecule has 0 unspecified atom stereocenters. The molecule has 0 spiro atoms. The van der Waals surface area contributed by atoms with Gasteiger partial charge in [-0.15, -0.1) is 22.7 Å². The third-order valence-electron chi connectivity index (χ3n) is 3.21. The van der Waals surface area contributed by atoms with Gasteiger partial charge in [0.1, 0.15) is 0 Å². The molecule has 1 N–H and O–H groups in total. The first-order chi connectivity index (χ1) is 8.72. The number of anilines is 1. The summed E-state index contributed by atoms with van der Waals surface area (Å²) in [6.45, 7) is 2.27. The molecule has 18 heavy (non-hydrogen) atoms. The molecular weight excluding hydrogens is 264 g/mol. The fourth-order valence-corrected chi connectivity index (χ4v) is 3.89. The second-order valence-electron chi connectivity index (χ2n) is 4.70. The van der Waals surface area contributed by atoms with Gasteiger partial charge in [0.2, 0.25) is 0 Å². The Kier molecular flexibility index (Phi) is 3.18. The lowest BCUT2D eigenvalue weighted by Crippen LogP contribution is -2.09. The number of thiazole rings is 1. The van der Waals surface area contributed by atoms with E-state index in [2.05, 4.69) is 23.3 Å². The van der Waals surface area contributed by atoms with Crippen LogP contribution in [0, 0.1) is 5.92 Å². The number of carbonyl (C=O) groups is 1. The number of amides is 1. The van der Waals surface area contributed by atoms with Gasteiger partial charge in [-0.2, -0.15) is 0 Å². The molecule has 1 amide bonds. The lowest BCUT2D eigenvalue weighted by atomic mass is 9.90. The third kappa shape index (κ3) is 2.33. The molecule has 0 fully saturated rings. The number of nitrogens with one attached hydrogen (secondary N) is 1. The molecule has 94 valence electrons. The highest BCUT2D eigenvalue weighted by Crippen LogP contribution is 2.32. The maximum atomic E-state index is 12.1. The number of fused-ring (bicyclic) bond motifs is 1. The minimum Gasteiger partial charge on any atom is -0.297 e. The van der Waals surface area contributed by atoms with Crippen molar-refractivity contribution < 1.29 is 4.79 Å². The molecular formula is C13H14N2OS2. The summed E-state index contributed by atoms with van der Waals surface area (Å²) in [4.78, 5) is 18.3. The number of nitrogens with zero attached hydrogens (tertiary/aromatic N) is 1. The first-order valence-electron chi connectivity index (χ1n) is 6.05. The van der Waals surface area contributed by atoms with E-state index >= 15 is 0 Å². The number of aryl methyl sites for hydroxylation is 1. The average molecular weight is 278 g/mol.